The van der Waals surface area contributed by atoms with Crippen molar-refractivity contribution in [1.29, 1.82) is 0 Å². The van der Waals surface area contributed by atoms with E-state index < -0.39 is 17.7 Å². The van der Waals surface area contributed by atoms with Gasteiger partial charge in [-0.15, -0.1) is 0 Å². The summed E-state index contributed by atoms with van der Waals surface area (Å²) in [5, 5.41) is 0. The van der Waals surface area contributed by atoms with Crippen LogP contribution in [-0.2, 0) is 11.2 Å². The van der Waals surface area contributed by atoms with Crippen molar-refractivity contribution in [3.8, 4) is 0 Å². The van der Waals surface area contributed by atoms with E-state index in [-0.39, 0.29) is 11.1 Å². The maximum Gasteiger partial charge on any atom is 0.339 e. The standard InChI is InChI=1S/C16H20FNO3/c1-3-11-7-8-12(17)14(13(11)16(20)21-2)15(19)18-9-5-4-6-10-18/h7-8H,3-6,9-10H2,1-2H3. The molecular weight excluding hydrogens is 273 g/mol. The molecule has 0 atom stereocenters. The first-order valence-corrected chi connectivity index (χ1v) is 7.29. The molecule has 0 unspecified atom stereocenters. The number of carbonyl (C=O) groups is 2. The number of nitrogens with zero attached hydrogens (tertiary/aromatic N) is 1. The first-order chi connectivity index (χ1) is 10.1. The summed E-state index contributed by atoms with van der Waals surface area (Å²) in [7, 11) is 1.24. The van der Waals surface area contributed by atoms with Gasteiger partial charge in [-0.3, -0.25) is 4.79 Å². The third-order valence-corrected chi connectivity index (χ3v) is 3.87. The average Bonchev–Trinajstić information content (AvgIpc) is 2.54. The zero-order chi connectivity index (χ0) is 15.4. The normalized spacial score (nSPS) is 14.9. The molecule has 1 heterocycles. The van der Waals surface area contributed by atoms with Crippen LogP contribution in [0.25, 0.3) is 0 Å². The van der Waals surface area contributed by atoms with E-state index in [1.165, 1.54) is 19.2 Å². The van der Waals surface area contributed by atoms with Gasteiger partial charge in [0.25, 0.3) is 5.91 Å². The topological polar surface area (TPSA) is 46.6 Å². The quantitative estimate of drug-likeness (QED) is 0.805. The van der Waals surface area contributed by atoms with Crippen molar-refractivity contribution in [2.24, 2.45) is 0 Å². The summed E-state index contributed by atoms with van der Waals surface area (Å²) in [4.78, 5) is 26.2. The highest BCUT2D eigenvalue weighted by atomic mass is 19.1. The molecule has 1 amide bonds. The summed E-state index contributed by atoms with van der Waals surface area (Å²) in [6.45, 7) is 3.07. The van der Waals surface area contributed by atoms with Crippen molar-refractivity contribution in [3.05, 3.63) is 34.6 Å². The average molecular weight is 293 g/mol. The van der Waals surface area contributed by atoms with E-state index in [4.69, 9.17) is 4.74 Å². The minimum atomic E-state index is -0.664. The molecule has 1 fully saturated rings. The summed E-state index contributed by atoms with van der Waals surface area (Å²) >= 11 is 0. The van der Waals surface area contributed by atoms with Gasteiger partial charge in [0.15, 0.2) is 0 Å². The van der Waals surface area contributed by atoms with Crippen LogP contribution in [0.3, 0.4) is 0 Å². The van der Waals surface area contributed by atoms with Crippen molar-refractivity contribution in [2.45, 2.75) is 32.6 Å². The van der Waals surface area contributed by atoms with Crippen LogP contribution in [0.1, 0.15) is 52.5 Å². The van der Waals surface area contributed by atoms with Gasteiger partial charge in [0.05, 0.1) is 18.2 Å². The number of ether oxygens (including phenoxy) is 1. The molecule has 21 heavy (non-hydrogen) atoms. The lowest BCUT2D eigenvalue weighted by Crippen LogP contribution is -2.37. The Balaban J connectivity index is 2.49. The Morgan fingerprint density at radius 1 is 1.19 bits per heavy atom. The number of hydrogen-bond acceptors (Lipinski definition) is 3. The van der Waals surface area contributed by atoms with E-state index in [0.29, 0.717) is 25.1 Å². The third-order valence-electron chi connectivity index (χ3n) is 3.87. The molecule has 2 rings (SSSR count). The summed E-state index contributed by atoms with van der Waals surface area (Å²) in [6, 6.07) is 2.79. The molecule has 0 aromatic heterocycles. The smallest absolute Gasteiger partial charge is 0.339 e. The molecule has 0 bridgehead atoms. The van der Waals surface area contributed by atoms with Crippen LogP contribution in [0.15, 0.2) is 12.1 Å². The molecule has 4 nitrogen and oxygen atoms in total. The Kier molecular flexibility index (Phi) is 4.94. The maximum absolute atomic E-state index is 14.2. The van der Waals surface area contributed by atoms with Gasteiger partial charge >= 0.3 is 5.97 Å². The number of likely N-dealkylation sites (tertiary alicyclic amines) is 1. The fourth-order valence-electron chi connectivity index (χ4n) is 2.71. The van der Waals surface area contributed by atoms with Gasteiger partial charge in [0.2, 0.25) is 0 Å². The Morgan fingerprint density at radius 2 is 1.86 bits per heavy atom. The minimum absolute atomic E-state index is 0.0653. The predicted molar refractivity (Wildman–Crippen MR) is 76.9 cm³/mol. The van der Waals surface area contributed by atoms with Crippen LogP contribution in [0.4, 0.5) is 4.39 Å². The van der Waals surface area contributed by atoms with Gasteiger partial charge in [-0.2, -0.15) is 0 Å². The van der Waals surface area contributed by atoms with Gasteiger partial charge < -0.3 is 9.64 Å². The van der Waals surface area contributed by atoms with Gasteiger partial charge in [-0.05, 0) is 37.3 Å². The summed E-state index contributed by atoms with van der Waals surface area (Å²) < 4.78 is 18.9. The third kappa shape index (κ3) is 3.06. The van der Waals surface area contributed by atoms with Crippen LogP contribution in [0.2, 0.25) is 0 Å². The lowest BCUT2D eigenvalue weighted by atomic mass is 9.97. The van der Waals surface area contributed by atoms with Crippen molar-refractivity contribution >= 4 is 11.9 Å². The number of carbonyl (C=O) groups excluding carboxylic acids is 2. The van der Waals surface area contributed by atoms with E-state index in [1.807, 2.05) is 6.92 Å². The van der Waals surface area contributed by atoms with Gasteiger partial charge in [0.1, 0.15) is 5.82 Å². The number of amides is 1. The highest BCUT2D eigenvalue weighted by molar-refractivity contribution is 6.06. The molecule has 0 saturated carbocycles. The lowest BCUT2D eigenvalue weighted by Gasteiger charge is -2.27. The van der Waals surface area contributed by atoms with Crippen molar-refractivity contribution < 1.29 is 18.7 Å². The van der Waals surface area contributed by atoms with E-state index in [1.54, 1.807) is 4.90 Å². The van der Waals surface area contributed by atoms with Crippen molar-refractivity contribution in [1.82, 2.24) is 4.90 Å². The van der Waals surface area contributed by atoms with Crippen molar-refractivity contribution in [2.75, 3.05) is 20.2 Å². The molecule has 114 valence electrons. The number of halogens is 1. The van der Waals surface area contributed by atoms with Gasteiger partial charge in [-0.25, -0.2) is 9.18 Å². The number of hydrogen-bond donors (Lipinski definition) is 0. The summed E-state index contributed by atoms with van der Waals surface area (Å²) in [6.07, 6.45) is 3.43. The maximum atomic E-state index is 14.2. The number of piperidine rings is 1. The highest BCUT2D eigenvalue weighted by Crippen LogP contribution is 2.23. The SMILES string of the molecule is CCc1ccc(F)c(C(=O)N2CCCCC2)c1C(=O)OC. The molecule has 1 aliphatic rings. The minimum Gasteiger partial charge on any atom is -0.465 e. The number of benzene rings is 1. The summed E-state index contributed by atoms with van der Waals surface area (Å²) in [5.41, 5.74) is 0.544. The number of aryl methyl sites for hydroxylation is 1. The second-order valence-corrected chi connectivity index (χ2v) is 5.15. The Bertz CT molecular complexity index is 551. The molecule has 0 radical (unpaired) electrons. The fourth-order valence-corrected chi connectivity index (χ4v) is 2.71. The fraction of sp³-hybridized carbons (Fsp3) is 0.500. The van der Waals surface area contributed by atoms with Gasteiger partial charge in [-0.1, -0.05) is 13.0 Å². The molecule has 0 aliphatic carbocycles. The second-order valence-electron chi connectivity index (χ2n) is 5.15. The monoisotopic (exact) mass is 293 g/mol. The molecular formula is C16H20FNO3. The van der Waals surface area contributed by atoms with E-state index in [2.05, 4.69) is 0 Å². The Hall–Kier alpha value is -1.91. The second kappa shape index (κ2) is 6.70. The largest absolute Gasteiger partial charge is 0.465 e. The van der Waals surface area contributed by atoms with Crippen LogP contribution in [-0.4, -0.2) is 37.0 Å². The molecule has 0 spiro atoms. The zero-order valence-electron chi connectivity index (χ0n) is 12.4. The molecule has 0 N–H and O–H groups in total. The van der Waals surface area contributed by atoms with Crippen LogP contribution < -0.4 is 0 Å². The van der Waals surface area contributed by atoms with E-state index >= 15 is 0 Å². The van der Waals surface area contributed by atoms with E-state index in [9.17, 15) is 14.0 Å². The molecule has 1 aromatic rings. The van der Waals surface area contributed by atoms with Crippen molar-refractivity contribution in [3.63, 3.8) is 0 Å². The van der Waals surface area contributed by atoms with Crippen LogP contribution in [0.5, 0.6) is 0 Å². The first kappa shape index (κ1) is 15.5. The lowest BCUT2D eigenvalue weighted by molar-refractivity contribution is 0.0584. The Morgan fingerprint density at radius 3 is 2.43 bits per heavy atom. The number of methoxy groups -OCH3 is 1. The number of esters is 1. The summed E-state index contributed by atoms with van der Waals surface area (Å²) in [5.74, 6) is -1.74. The molecule has 5 heteroatoms. The van der Waals surface area contributed by atoms with Gasteiger partial charge in [0, 0.05) is 13.1 Å². The first-order valence-electron chi connectivity index (χ1n) is 7.29. The predicted octanol–water partition coefficient (Wildman–Crippen LogP) is 2.80. The number of rotatable bonds is 3. The molecule has 1 aromatic carbocycles. The highest BCUT2D eigenvalue weighted by Gasteiger charge is 2.28. The molecule has 1 aliphatic heterocycles. The van der Waals surface area contributed by atoms with E-state index in [0.717, 1.165) is 19.3 Å². The molecule has 1 saturated heterocycles. The Labute approximate surface area is 123 Å². The van der Waals surface area contributed by atoms with Crippen LogP contribution in [0, 0.1) is 5.82 Å². The zero-order valence-corrected chi connectivity index (χ0v) is 12.4. The van der Waals surface area contributed by atoms with Crippen LogP contribution >= 0.6 is 0 Å².